The monoisotopic (exact) mass is 469 g/mol. The Kier molecular flexibility index (Phi) is 8.16. The van der Waals surface area contributed by atoms with Crippen LogP contribution >= 0.6 is 11.6 Å². The molecule has 32 heavy (non-hydrogen) atoms. The number of hydrogen-bond donors (Lipinski definition) is 1. The number of nitrogens with zero attached hydrogens (tertiary/aromatic N) is 2. The predicted octanol–water partition coefficient (Wildman–Crippen LogP) is 4.03. The molecular weight excluding hydrogens is 446 g/mol. The van der Waals surface area contributed by atoms with Crippen LogP contribution in [0.15, 0.2) is 88.9 Å². The van der Waals surface area contributed by atoms with Gasteiger partial charge in [0, 0.05) is 11.6 Å². The zero-order valence-corrected chi connectivity index (χ0v) is 19.2. The van der Waals surface area contributed by atoms with E-state index in [1.807, 2.05) is 61.5 Å². The van der Waals surface area contributed by atoms with Crippen LogP contribution in [-0.4, -0.2) is 37.9 Å². The predicted molar refractivity (Wildman–Crippen MR) is 127 cm³/mol. The van der Waals surface area contributed by atoms with Crippen molar-refractivity contribution in [1.82, 2.24) is 9.73 Å². The average molecular weight is 470 g/mol. The molecule has 3 aromatic rings. The fourth-order valence-corrected chi connectivity index (χ4v) is 4.59. The van der Waals surface area contributed by atoms with E-state index in [-0.39, 0.29) is 18.0 Å². The molecule has 0 bridgehead atoms. The van der Waals surface area contributed by atoms with Crippen LogP contribution in [0, 0.1) is 6.92 Å². The van der Waals surface area contributed by atoms with Gasteiger partial charge in [0.1, 0.15) is 0 Å². The molecule has 3 aromatic carbocycles. The molecule has 0 aromatic heterocycles. The van der Waals surface area contributed by atoms with Gasteiger partial charge >= 0.3 is 0 Å². The van der Waals surface area contributed by atoms with Crippen molar-refractivity contribution in [1.29, 1.82) is 0 Å². The summed E-state index contributed by atoms with van der Waals surface area (Å²) in [6.45, 7) is 1.75. The molecule has 6 nitrogen and oxygen atoms in total. The van der Waals surface area contributed by atoms with Gasteiger partial charge in [-0.05, 0) is 48.7 Å². The lowest BCUT2D eigenvalue weighted by Gasteiger charge is -2.21. The summed E-state index contributed by atoms with van der Waals surface area (Å²) < 4.78 is 27.5. The molecule has 0 saturated heterocycles. The Morgan fingerprint density at radius 3 is 2.44 bits per heavy atom. The van der Waals surface area contributed by atoms with E-state index >= 15 is 0 Å². The molecule has 0 heterocycles. The first kappa shape index (κ1) is 23.7. The Labute approximate surface area is 193 Å². The first-order valence-corrected chi connectivity index (χ1v) is 11.8. The SMILES string of the molecule is Cc1cccc(/C=N\NC(=O)CN(CCc2ccccc2)S(=O)(=O)c2ccc(Cl)cc2)c1. The van der Waals surface area contributed by atoms with E-state index < -0.39 is 15.9 Å². The van der Waals surface area contributed by atoms with Crippen LogP contribution in [0.25, 0.3) is 0 Å². The summed E-state index contributed by atoms with van der Waals surface area (Å²) >= 11 is 5.90. The molecule has 0 fully saturated rings. The summed E-state index contributed by atoms with van der Waals surface area (Å²) in [5.74, 6) is -0.528. The minimum absolute atomic E-state index is 0.0750. The number of hydrazone groups is 1. The quantitative estimate of drug-likeness (QED) is 0.379. The Morgan fingerprint density at radius 2 is 1.75 bits per heavy atom. The molecule has 0 radical (unpaired) electrons. The number of halogens is 1. The normalized spacial score (nSPS) is 11.7. The number of carbonyl (C=O) groups excluding carboxylic acids is 1. The van der Waals surface area contributed by atoms with Crippen molar-refractivity contribution in [2.24, 2.45) is 5.10 Å². The molecule has 1 N–H and O–H groups in total. The highest BCUT2D eigenvalue weighted by Gasteiger charge is 2.26. The molecule has 0 unspecified atom stereocenters. The van der Waals surface area contributed by atoms with Crippen LogP contribution in [-0.2, 0) is 21.2 Å². The van der Waals surface area contributed by atoms with E-state index in [1.165, 1.54) is 30.5 Å². The van der Waals surface area contributed by atoms with Crippen LogP contribution < -0.4 is 5.43 Å². The molecule has 8 heteroatoms. The maximum atomic E-state index is 13.2. The number of nitrogens with one attached hydrogen (secondary N) is 1. The topological polar surface area (TPSA) is 78.8 Å². The summed E-state index contributed by atoms with van der Waals surface area (Å²) in [5.41, 5.74) is 5.29. The molecule has 0 aliphatic rings. The average Bonchev–Trinajstić information content (AvgIpc) is 2.77. The fraction of sp³-hybridized carbons (Fsp3) is 0.167. The zero-order chi connectivity index (χ0) is 23.0. The minimum Gasteiger partial charge on any atom is -0.272 e. The van der Waals surface area contributed by atoms with E-state index in [0.717, 1.165) is 21.0 Å². The maximum absolute atomic E-state index is 13.2. The highest BCUT2D eigenvalue weighted by molar-refractivity contribution is 7.89. The Morgan fingerprint density at radius 1 is 1.03 bits per heavy atom. The summed E-state index contributed by atoms with van der Waals surface area (Å²) in [6.07, 6.45) is 1.99. The smallest absolute Gasteiger partial charge is 0.255 e. The first-order chi connectivity index (χ1) is 15.3. The van der Waals surface area contributed by atoms with E-state index in [9.17, 15) is 13.2 Å². The molecule has 0 atom stereocenters. The minimum atomic E-state index is -3.90. The third-order valence-corrected chi connectivity index (χ3v) is 6.82. The van der Waals surface area contributed by atoms with Crippen LogP contribution in [0.1, 0.15) is 16.7 Å². The van der Waals surface area contributed by atoms with Crippen LogP contribution in [0.2, 0.25) is 5.02 Å². The van der Waals surface area contributed by atoms with Crippen LogP contribution in [0.3, 0.4) is 0 Å². The largest absolute Gasteiger partial charge is 0.272 e. The van der Waals surface area contributed by atoms with Gasteiger partial charge in [-0.15, -0.1) is 0 Å². The summed E-state index contributed by atoms with van der Waals surface area (Å²) in [5, 5.41) is 4.39. The van der Waals surface area contributed by atoms with Gasteiger partial charge in [0.25, 0.3) is 5.91 Å². The van der Waals surface area contributed by atoms with E-state index in [2.05, 4.69) is 10.5 Å². The van der Waals surface area contributed by atoms with Gasteiger partial charge in [-0.2, -0.15) is 9.41 Å². The Hall–Kier alpha value is -3.00. The van der Waals surface area contributed by atoms with Crippen LogP contribution in [0.4, 0.5) is 0 Å². The molecule has 0 saturated carbocycles. The van der Waals surface area contributed by atoms with E-state index in [0.29, 0.717) is 11.4 Å². The number of hydrogen-bond acceptors (Lipinski definition) is 4. The van der Waals surface area contributed by atoms with Gasteiger partial charge in [0.05, 0.1) is 17.7 Å². The Bertz CT molecular complexity index is 1180. The van der Waals surface area contributed by atoms with Crippen molar-refractivity contribution in [2.75, 3.05) is 13.1 Å². The Balaban J connectivity index is 1.73. The number of sulfonamides is 1. The standard InChI is InChI=1S/C24H24ClN3O3S/c1-19-6-5-9-21(16-19)17-26-27-24(29)18-28(15-14-20-7-3-2-4-8-20)32(30,31)23-12-10-22(25)11-13-23/h2-13,16-17H,14-15,18H2,1H3,(H,27,29)/b26-17-. The van der Waals surface area contributed by atoms with Crippen molar-refractivity contribution < 1.29 is 13.2 Å². The van der Waals surface area contributed by atoms with E-state index in [1.54, 1.807) is 0 Å². The van der Waals surface area contributed by atoms with Gasteiger partial charge in [-0.25, -0.2) is 13.8 Å². The van der Waals surface area contributed by atoms with Gasteiger partial charge < -0.3 is 0 Å². The van der Waals surface area contributed by atoms with Gasteiger partial charge in [0.15, 0.2) is 0 Å². The highest BCUT2D eigenvalue weighted by atomic mass is 35.5. The highest BCUT2D eigenvalue weighted by Crippen LogP contribution is 2.19. The number of aryl methyl sites for hydroxylation is 1. The maximum Gasteiger partial charge on any atom is 0.255 e. The van der Waals surface area contributed by atoms with Gasteiger partial charge in [0.2, 0.25) is 10.0 Å². The second-order valence-corrected chi connectivity index (χ2v) is 9.61. The van der Waals surface area contributed by atoms with Crippen molar-refractivity contribution in [3.05, 3.63) is 101 Å². The van der Waals surface area contributed by atoms with E-state index in [4.69, 9.17) is 11.6 Å². The van der Waals surface area contributed by atoms with Crippen molar-refractivity contribution in [3.8, 4) is 0 Å². The van der Waals surface area contributed by atoms with Gasteiger partial charge in [-0.1, -0.05) is 71.8 Å². The molecule has 0 spiro atoms. The number of carbonyl (C=O) groups is 1. The molecule has 1 amide bonds. The fourth-order valence-electron chi connectivity index (χ4n) is 3.06. The van der Waals surface area contributed by atoms with Crippen molar-refractivity contribution >= 4 is 33.7 Å². The number of benzene rings is 3. The molecule has 0 aliphatic heterocycles. The summed E-state index contributed by atoms with van der Waals surface area (Å²) in [7, 11) is -3.90. The second-order valence-electron chi connectivity index (χ2n) is 7.24. The molecule has 0 aliphatic carbocycles. The molecule has 3 rings (SSSR count). The summed E-state index contributed by atoms with van der Waals surface area (Å²) in [4.78, 5) is 12.6. The third-order valence-electron chi connectivity index (χ3n) is 4.71. The number of amides is 1. The lowest BCUT2D eigenvalue weighted by molar-refractivity contribution is -0.121. The van der Waals surface area contributed by atoms with Gasteiger partial charge in [-0.3, -0.25) is 4.79 Å². The molecular formula is C24H24ClN3O3S. The van der Waals surface area contributed by atoms with Crippen molar-refractivity contribution in [3.63, 3.8) is 0 Å². The second kappa shape index (κ2) is 11.0. The lowest BCUT2D eigenvalue weighted by Crippen LogP contribution is -2.40. The molecule has 166 valence electrons. The first-order valence-electron chi connectivity index (χ1n) is 10.0. The summed E-state index contributed by atoms with van der Waals surface area (Å²) in [6, 6.07) is 23.0. The van der Waals surface area contributed by atoms with Crippen molar-refractivity contribution in [2.45, 2.75) is 18.2 Å². The third kappa shape index (κ3) is 6.75. The lowest BCUT2D eigenvalue weighted by atomic mass is 10.1. The zero-order valence-electron chi connectivity index (χ0n) is 17.6. The number of rotatable bonds is 9. The van der Waals surface area contributed by atoms with Crippen LogP contribution in [0.5, 0.6) is 0 Å².